The zero-order valence-corrected chi connectivity index (χ0v) is 38.2. The fourth-order valence-corrected chi connectivity index (χ4v) is 10.2. The Balaban J connectivity index is 1.18. The van der Waals surface area contributed by atoms with Gasteiger partial charge in [0, 0.05) is 39.5 Å². The molecule has 0 aliphatic carbocycles. The Labute approximate surface area is 413 Å². The van der Waals surface area contributed by atoms with E-state index in [0.29, 0.717) is 27.8 Å². The van der Waals surface area contributed by atoms with Crippen molar-refractivity contribution >= 4 is 43.6 Å². The highest BCUT2D eigenvalue weighted by Gasteiger charge is 2.25. The molecule has 0 saturated carbocycles. The molecule has 9 aromatic carbocycles. The summed E-state index contributed by atoms with van der Waals surface area (Å²) in [5, 5.41) is 54.2. The van der Waals surface area contributed by atoms with Crippen LogP contribution in [-0.2, 0) is 0 Å². The van der Waals surface area contributed by atoms with Gasteiger partial charge >= 0.3 is 0 Å². The summed E-state index contributed by atoms with van der Waals surface area (Å²) < 4.78 is 4.48. The molecule has 12 aromatic rings. The van der Waals surface area contributed by atoms with Gasteiger partial charge in [0.05, 0.1) is 91.6 Å². The predicted molar refractivity (Wildman–Crippen MR) is 284 cm³/mol. The standard InChI is InChI=1S/C64H34N8/c65-35-40-5-1-9-46(25-40)50-13-17-58-54(31-50)55-32-51(47-10-2-6-41(26-47)36-66)14-18-59(55)71(58)62-29-44(39-69)30-63(64(62)45-21-23-70-24-22-45)72-60-19-15-52(48-11-3-7-42(27-48)37-67)33-56(60)57-34-53(16-20-61(57)72)49-12-4-8-43(28-49)38-68/h1-34H. The van der Waals surface area contributed by atoms with E-state index >= 15 is 0 Å². The predicted octanol–water partition coefficient (Wildman–Crippen LogP) is 15.0. The molecule has 0 aliphatic heterocycles. The molecule has 330 valence electrons. The Morgan fingerprint density at radius 3 is 0.861 bits per heavy atom. The average Bonchev–Trinajstić information content (AvgIpc) is 3.96. The first-order valence-electron chi connectivity index (χ1n) is 23.1. The van der Waals surface area contributed by atoms with Crippen LogP contribution in [0.5, 0.6) is 0 Å². The van der Waals surface area contributed by atoms with Crippen LogP contribution >= 0.6 is 0 Å². The van der Waals surface area contributed by atoms with Crippen LogP contribution in [0.15, 0.2) is 207 Å². The smallest absolute Gasteiger partial charge is 0.0993 e. The molecule has 0 atom stereocenters. The highest BCUT2D eigenvalue weighted by atomic mass is 15.0. The summed E-state index contributed by atoms with van der Waals surface area (Å²) in [5.74, 6) is 0. The molecule has 0 N–H and O–H groups in total. The quantitative estimate of drug-likeness (QED) is 0.156. The number of pyridine rings is 1. The van der Waals surface area contributed by atoms with Crippen LogP contribution in [0.2, 0.25) is 0 Å². The normalized spacial score (nSPS) is 11.0. The van der Waals surface area contributed by atoms with Gasteiger partial charge in [-0.25, -0.2) is 0 Å². The summed E-state index contributed by atoms with van der Waals surface area (Å²) in [6.07, 6.45) is 3.57. The molecular formula is C64H34N8. The number of nitriles is 5. The van der Waals surface area contributed by atoms with Crippen molar-refractivity contribution in [3.05, 3.63) is 234 Å². The third kappa shape index (κ3) is 7.17. The molecule has 0 fully saturated rings. The molecule has 0 amide bonds. The molecule has 3 aromatic heterocycles. The van der Waals surface area contributed by atoms with Gasteiger partial charge in [0.2, 0.25) is 0 Å². The van der Waals surface area contributed by atoms with Crippen molar-refractivity contribution in [2.45, 2.75) is 0 Å². The van der Waals surface area contributed by atoms with Gasteiger partial charge in [0.25, 0.3) is 0 Å². The fourth-order valence-electron chi connectivity index (χ4n) is 10.2. The molecule has 8 heteroatoms. The second-order valence-electron chi connectivity index (χ2n) is 17.6. The molecule has 0 saturated heterocycles. The van der Waals surface area contributed by atoms with Gasteiger partial charge in [-0.2, -0.15) is 26.3 Å². The van der Waals surface area contributed by atoms with Crippen molar-refractivity contribution in [3.8, 4) is 97.4 Å². The maximum absolute atomic E-state index is 11.0. The van der Waals surface area contributed by atoms with Crippen LogP contribution < -0.4 is 0 Å². The van der Waals surface area contributed by atoms with Gasteiger partial charge < -0.3 is 9.13 Å². The number of benzene rings is 9. The molecule has 0 radical (unpaired) electrons. The minimum atomic E-state index is 0.451. The maximum atomic E-state index is 11.0. The van der Waals surface area contributed by atoms with E-state index in [2.05, 4.69) is 117 Å². The zero-order chi connectivity index (χ0) is 48.9. The van der Waals surface area contributed by atoms with Crippen LogP contribution in [-0.4, -0.2) is 14.1 Å². The van der Waals surface area contributed by atoms with Crippen LogP contribution in [0.3, 0.4) is 0 Å². The highest BCUT2D eigenvalue weighted by molar-refractivity contribution is 6.14. The highest BCUT2D eigenvalue weighted by Crippen LogP contribution is 2.45. The summed E-state index contributed by atoms with van der Waals surface area (Å²) in [4.78, 5) is 4.45. The van der Waals surface area contributed by atoms with Crippen molar-refractivity contribution in [1.29, 1.82) is 26.3 Å². The van der Waals surface area contributed by atoms with E-state index in [1.807, 2.05) is 97.1 Å². The first kappa shape index (κ1) is 42.5. The molecule has 12 rings (SSSR count). The molecule has 0 aliphatic rings. The Morgan fingerprint density at radius 2 is 0.569 bits per heavy atom. The number of fused-ring (bicyclic) bond motifs is 6. The van der Waals surface area contributed by atoms with E-state index in [1.165, 1.54) is 0 Å². The largest absolute Gasteiger partial charge is 0.308 e. The van der Waals surface area contributed by atoms with Crippen LogP contribution in [0.1, 0.15) is 27.8 Å². The van der Waals surface area contributed by atoms with E-state index in [-0.39, 0.29) is 0 Å². The number of nitrogens with zero attached hydrogens (tertiary/aromatic N) is 8. The summed E-state index contributed by atoms with van der Waals surface area (Å²) in [7, 11) is 0. The Bertz CT molecular complexity index is 3970. The number of aromatic nitrogens is 3. The van der Waals surface area contributed by atoms with Crippen molar-refractivity contribution < 1.29 is 0 Å². The van der Waals surface area contributed by atoms with Gasteiger partial charge in [-0.05, 0) is 171 Å². The van der Waals surface area contributed by atoms with Gasteiger partial charge in [-0.3, -0.25) is 4.98 Å². The molecule has 3 heterocycles. The first-order chi connectivity index (χ1) is 35.4. The van der Waals surface area contributed by atoms with E-state index in [0.717, 1.165) is 111 Å². The van der Waals surface area contributed by atoms with Gasteiger partial charge in [-0.15, -0.1) is 0 Å². The van der Waals surface area contributed by atoms with Crippen molar-refractivity contribution in [2.24, 2.45) is 0 Å². The molecule has 0 unspecified atom stereocenters. The van der Waals surface area contributed by atoms with E-state index in [9.17, 15) is 26.3 Å². The van der Waals surface area contributed by atoms with Crippen molar-refractivity contribution in [1.82, 2.24) is 14.1 Å². The third-order valence-corrected chi connectivity index (χ3v) is 13.5. The summed E-state index contributed by atoms with van der Waals surface area (Å²) in [6, 6.07) is 75.4. The Kier molecular flexibility index (Phi) is 10.3. The van der Waals surface area contributed by atoms with Crippen LogP contribution in [0, 0.1) is 56.7 Å². The Hall–Kier alpha value is -10.8. The maximum Gasteiger partial charge on any atom is 0.0993 e. The van der Waals surface area contributed by atoms with E-state index < -0.39 is 0 Å². The van der Waals surface area contributed by atoms with Crippen molar-refractivity contribution in [2.75, 3.05) is 0 Å². The fraction of sp³-hybridized carbons (Fsp3) is 0. The molecule has 0 bridgehead atoms. The second kappa shape index (κ2) is 17.4. The summed E-state index contributed by atoms with van der Waals surface area (Å²) in [6.45, 7) is 0. The summed E-state index contributed by atoms with van der Waals surface area (Å²) in [5.41, 5.74) is 17.0. The lowest BCUT2D eigenvalue weighted by Gasteiger charge is -2.21. The minimum Gasteiger partial charge on any atom is -0.308 e. The van der Waals surface area contributed by atoms with Gasteiger partial charge in [0.15, 0.2) is 0 Å². The molecule has 0 spiro atoms. The van der Waals surface area contributed by atoms with Gasteiger partial charge in [-0.1, -0.05) is 72.8 Å². The van der Waals surface area contributed by atoms with Crippen LogP contribution in [0.4, 0.5) is 0 Å². The number of hydrogen-bond donors (Lipinski definition) is 0. The SMILES string of the molecule is N#Cc1cccc(-c2ccc3c(c2)c2cc(-c4cccc(C#N)c4)ccc2n3-c2cc(C#N)cc(-n3c4ccc(-c5cccc(C#N)c5)cc4c4cc(-c5cccc(C#N)c5)ccc43)c2-c2ccncc2)c1. The van der Waals surface area contributed by atoms with Gasteiger partial charge in [0.1, 0.15) is 0 Å². The first-order valence-corrected chi connectivity index (χ1v) is 23.1. The lowest BCUT2D eigenvalue weighted by molar-refractivity contribution is 1.13. The topological polar surface area (TPSA) is 142 Å². The number of hydrogen-bond acceptors (Lipinski definition) is 6. The van der Waals surface area contributed by atoms with Crippen molar-refractivity contribution in [3.63, 3.8) is 0 Å². The molecule has 72 heavy (non-hydrogen) atoms. The zero-order valence-electron chi connectivity index (χ0n) is 38.2. The minimum absolute atomic E-state index is 0.451. The molecular weight excluding hydrogens is 881 g/mol. The van der Waals surface area contributed by atoms with Crippen LogP contribution in [0.25, 0.3) is 111 Å². The van der Waals surface area contributed by atoms with E-state index in [1.54, 1.807) is 36.7 Å². The number of rotatable bonds is 7. The molecule has 8 nitrogen and oxygen atoms in total. The monoisotopic (exact) mass is 914 g/mol. The second-order valence-corrected chi connectivity index (χ2v) is 17.6. The lowest BCUT2D eigenvalue weighted by Crippen LogP contribution is -2.05. The van der Waals surface area contributed by atoms with E-state index in [4.69, 9.17) is 0 Å². The summed E-state index contributed by atoms with van der Waals surface area (Å²) >= 11 is 0. The lowest BCUT2D eigenvalue weighted by atomic mass is 9.98. The third-order valence-electron chi connectivity index (χ3n) is 13.5. The average molecular weight is 915 g/mol. The Morgan fingerprint density at radius 1 is 0.278 bits per heavy atom.